The lowest BCUT2D eigenvalue weighted by Crippen LogP contribution is -1.99. The molecule has 0 fully saturated rings. The van der Waals surface area contributed by atoms with Gasteiger partial charge in [-0.1, -0.05) is 5.16 Å². The summed E-state index contributed by atoms with van der Waals surface area (Å²) in [5, 5.41) is 12.2. The Morgan fingerprint density at radius 1 is 1.53 bits per heavy atom. The molecule has 2 rings (SSSR count). The summed E-state index contributed by atoms with van der Waals surface area (Å²) in [7, 11) is 0. The second-order valence-corrected chi connectivity index (χ2v) is 4.07. The van der Waals surface area contributed by atoms with Crippen LogP contribution < -0.4 is 0 Å². The van der Waals surface area contributed by atoms with Crippen LogP contribution in [-0.4, -0.2) is 21.2 Å². The molecule has 0 bridgehead atoms. The quantitative estimate of drug-likeness (QED) is 0.941. The number of carboxylic acids is 1. The molecule has 0 saturated heterocycles. The fourth-order valence-electron chi connectivity index (χ4n) is 1.21. The number of rotatable bonds is 3. The molecule has 88 valence electrons. The molecule has 2 aromatic rings. The molecule has 7 heteroatoms. The Kier molecular flexibility index (Phi) is 3.19. The van der Waals surface area contributed by atoms with Crippen molar-refractivity contribution >= 4 is 21.9 Å². The predicted octanol–water partition coefficient (Wildman–Crippen LogP) is 2.27. The van der Waals surface area contributed by atoms with E-state index in [0.717, 1.165) is 0 Å². The summed E-state index contributed by atoms with van der Waals surface area (Å²) in [4.78, 5) is 14.3. The van der Waals surface area contributed by atoms with Crippen LogP contribution in [0.25, 0.3) is 11.4 Å². The van der Waals surface area contributed by atoms with Crippen LogP contribution in [-0.2, 0) is 11.2 Å². The van der Waals surface area contributed by atoms with Gasteiger partial charge in [0.05, 0.1) is 4.47 Å². The SMILES string of the molecule is O=C(O)Cc1nc(-c2ccc(F)c(Br)c2)no1. The van der Waals surface area contributed by atoms with E-state index in [2.05, 4.69) is 26.1 Å². The minimum atomic E-state index is -1.06. The minimum absolute atomic E-state index is 0.00736. The molecule has 5 nitrogen and oxygen atoms in total. The third-order valence-corrected chi connectivity index (χ3v) is 2.56. The van der Waals surface area contributed by atoms with Crippen molar-refractivity contribution in [2.24, 2.45) is 0 Å². The van der Waals surface area contributed by atoms with Crippen LogP contribution in [0.1, 0.15) is 5.89 Å². The number of halogens is 2. The maximum atomic E-state index is 13.0. The van der Waals surface area contributed by atoms with Gasteiger partial charge in [-0.25, -0.2) is 4.39 Å². The van der Waals surface area contributed by atoms with Crippen LogP contribution in [0, 0.1) is 5.82 Å². The van der Waals surface area contributed by atoms with Gasteiger partial charge in [0.25, 0.3) is 0 Å². The topological polar surface area (TPSA) is 76.2 Å². The van der Waals surface area contributed by atoms with E-state index in [1.807, 2.05) is 0 Å². The number of hydrogen-bond acceptors (Lipinski definition) is 4. The summed E-state index contributed by atoms with van der Waals surface area (Å²) in [5.74, 6) is -1.22. The van der Waals surface area contributed by atoms with E-state index < -0.39 is 11.8 Å². The van der Waals surface area contributed by atoms with Gasteiger partial charge in [0.15, 0.2) is 0 Å². The molecule has 17 heavy (non-hydrogen) atoms. The molecule has 0 radical (unpaired) electrons. The number of hydrogen-bond donors (Lipinski definition) is 1. The summed E-state index contributed by atoms with van der Waals surface area (Å²) in [5.41, 5.74) is 0.540. The first kappa shape index (κ1) is 11.7. The number of aliphatic carboxylic acids is 1. The highest BCUT2D eigenvalue weighted by atomic mass is 79.9. The summed E-state index contributed by atoms with van der Waals surface area (Å²) in [6.07, 6.45) is -0.338. The van der Waals surface area contributed by atoms with Gasteiger partial charge >= 0.3 is 5.97 Å². The second kappa shape index (κ2) is 4.62. The van der Waals surface area contributed by atoms with Crippen LogP contribution in [0.4, 0.5) is 4.39 Å². The largest absolute Gasteiger partial charge is 0.481 e. The van der Waals surface area contributed by atoms with E-state index in [1.165, 1.54) is 18.2 Å². The lowest BCUT2D eigenvalue weighted by atomic mass is 10.2. The van der Waals surface area contributed by atoms with E-state index in [9.17, 15) is 9.18 Å². The van der Waals surface area contributed by atoms with Crippen molar-refractivity contribution in [3.63, 3.8) is 0 Å². The molecule has 1 heterocycles. The van der Waals surface area contributed by atoms with Gasteiger partial charge in [-0.2, -0.15) is 4.98 Å². The van der Waals surface area contributed by atoms with Crippen molar-refractivity contribution in [1.82, 2.24) is 10.1 Å². The minimum Gasteiger partial charge on any atom is -0.481 e. The summed E-state index contributed by atoms with van der Waals surface area (Å²) < 4.78 is 18.0. The van der Waals surface area contributed by atoms with Crippen molar-refractivity contribution in [3.8, 4) is 11.4 Å². The lowest BCUT2D eigenvalue weighted by molar-refractivity contribution is -0.136. The number of benzene rings is 1. The molecular formula is C10H6BrFN2O3. The molecule has 0 saturated carbocycles. The average molecular weight is 301 g/mol. The van der Waals surface area contributed by atoms with E-state index in [1.54, 1.807) is 0 Å². The van der Waals surface area contributed by atoms with Gasteiger partial charge in [-0.05, 0) is 34.1 Å². The molecule has 0 aliphatic heterocycles. The number of carbonyl (C=O) groups is 1. The number of carboxylic acid groups (broad SMARTS) is 1. The highest BCUT2D eigenvalue weighted by molar-refractivity contribution is 9.10. The Balaban J connectivity index is 2.30. The Bertz CT molecular complexity index is 570. The highest BCUT2D eigenvalue weighted by Crippen LogP contribution is 2.23. The van der Waals surface area contributed by atoms with E-state index in [-0.39, 0.29) is 22.6 Å². The molecule has 0 unspecified atom stereocenters. The molecule has 1 aromatic heterocycles. The van der Waals surface area contributed by atoms with E-state index >= 15 is 0 Å². The standard InChI is InChI=1S/C10H6BrFN2O3/c11-6-3-5(1-2-7(6)12)10-13-8(17-14-10)4-9(15)16/h1-3H,4H2,(H,15,16). The van der Waals surface area contributed by atoms with E-state index in [0.29, 0.717) is 5.56 Å². The van der Waals surface area contributed by atoms with Crippen LogP contribution >= 0.6 is 15.9 Å². The molecular weight excluding hydrogens is 295 g/mol. The first-order valence-electron chi connectivity index (χ1n) is 4.56. The first-order chi connectivity index (χ1) is 8.06. The Labute approximate surface area is 103 Å². The maximum absolute atomic E-state index is 13.0. The summed E-state index contributed by atoms with van der Waals surface area (Å²) >= 11 is 3.04. The van der Waals surface area contributed by atoms with Gasteiger partial charge in [-0.15, -0.1) is 0 Å². The molecule has 1 N–H and O–H groups in total. The van der Waals surface area contributed by atoms with Crippen molar-refractivity contribution in [1.29, 1.82) is 0 Å². The Hall–Kier alpha value is -1.76. The van der Waals surface area contributed by atoms with Gasteiger partial charge in [0.2, 0.25) is 11.7 Å². The normalized spacial score (nSPS) is 10.5. The second-order valence-electron chi connectivity index (χ2n) is 3.21. The van der Waals surface area contributed by atoms with E-state index in [4.69, 9.17) is 9.63 Å². The third-order valence-electron chi connectivity index (χ3n) is 1.95. The molecule has 1 aromatic carbocycles. The van der Waals surface area contributed by atoms with Gasteiger partial charge in [0.1, 0.15) is 12.2 Å². The Morgan fingerprint density at radius 2 is 2.29 bits per heavy atom. The zero-order chi connectivity index (χ0) is 12.4. The maximum Gasteiger partial charge on any atom is 0.312 e. The predicted molar refractivity (Wildman–Crippen MR) is 58.7 cm³/mol. The van der Waals surface area contributed by atoms with Crippen molar-refractivity contribution < 1.29 is 18.8 Å². The summed E-state index contributed by atoms with van der Waals surface area (Å²) in [6, 6.07) is 4.23. The molecule has 0 spiro atoms. The van der Waals surface area contributed by atoms with Gasteiger partial charge in [0, 0.05) is 5.56 Å². The van der Waals surface area contributed by atoms with Crippen molar-refractivity contribution in [2.75, 3.05) is 0 Å². The lowest BCUT2D eigenvalue weighted by Gasteiger charge is -1.96. The zero-order valence-corrected chi connectivity index (χ0v) is 9.94. The molecule has 0 aliphatic rings. The third kappa shape index (κ3) is 2.68. The highest BCUT2D eigenvalue weighted by Gasteiger charge is 2.12. The average Bonchev–Trinajstić information content (AvgIpc) is 2.69. The number of nitrogens with zero attached hydrogens (tertiary/aromatic N) is 2. The van der Waals surface area contributed by atoms with Gasteiger partial charge < -0.3 is 9.63 Å². The summed E-state index contributed by atoms with van der Waals surface area (Å²) in [6.45, 7) is 0. The fraction of sp³-hybridized carbons (Fsp3) is 0.100. The van der Waals surface area contributed by atoms with Crippen LogP contribution in [0.15, 0.2) is 27.2 Å². The monoisotopic (exact) mass is 300 g/mol. The van der Waals surface area contributed by atoms with Crippen molar-refractivity contribution in [3.05, 3.63) is 34.4 Å². The van der Waals surface area contributed by atoms with Crippen LogP contribution in [0.2, 0.25) is 0 Å². The van der Waals surface area contributed by atoms with Crippen LogP contribution in [0.5, 0.6) is 0 Å². The molecule has 0 amide bonds. The molecule has 0 aliphatic carbocycles. The first-order valence-corrected chi connectivity index (χ1v) is 5.35. The molecule has 0 atom stereocenters. The van der Waals surface area contributed by atoms with Crippen LogP contribution in [0.3, 0.4) is 0 Å². The van der Waals surface area contributed by atoms with Gasteiger partial charge in [-0.3, -0.25) is 4.79 Å². The Morgan fingerprint density at radius 3 is 2.94 bits per heavy atom. The van der Waals surface area contributed by atoms with Crippen molar-refractivity contribution in [2.45, 2.75) is 6.42 Å². The zero-order valence-electron chi connectivity index (χ0n) is 8.35. The fourth-order valence-corrected chi connectivity index (χ4v) is 1.59. The number of aromatic nitrogens is 2. The smallest absolute Gasteiger partial charge is 0.312 e.